The third kappa shape index (κ3) is 2.01. The Morgan fingerprint density at radius 2 is 2.18 bits per heavy atom. The van der Waals surface area contributed by atoms with E-state index in [1.165, 1.54) is 7.11 Å². The highest BCUT2D eigenvalue weighted by Crippen LogP contribution is 2.65. The molecule has 0 saturated carbocycles. The van der Waals surface area contributed by atoms with Crippen LogP contribution in [0, 0.1) is 16.7 Å². The molecule has 150 valence electrons. The van der Waals surface area contributed by atoms with Gasteiger partial charge in [-0.05, 0) is 48.8 Å². The quantitative estimate of drug-likeness (QED) is 0.615. The number of hydrogen-bond donors (Lipinski definition) is 1. The van der Waals surface area contributed by atoms with E-state index in [4.69, 9.17) is 18.6 Å². The van der Waals surface area contributed by atoms with E-state index in [2.05, 4.69) is 0 Å². The van der Waals surface area contributed by atoms with E-state index in [0.29, 0.717) is 32.1 Å². The molecule has 0 amide bonds. The summed E-state index contributed by atoms with van der Waals surface area (Å²) in [6.45, 7) is 2.03. The molecular formula is C21H24O7. The van der Waals surface area contributed by atoms with Gasteiger partial charge in [-0.3, -0.25) is 9.59 Å². The van der Waals surface area contributed by atoms with Crippen LogP contribution in [0.3, 0.4) is 0 Å². The number of aliphatic hydroxyl groups is 1. The fourth-order valence-corrected chi connectivity index (χ4v) is 6.06. The Kier molecular flexibility index (Phi) is 3.81. The molecule has 7 heteroatoms. The third-order valence-electron chi connectivity index (χ3n) is 7.37. The van der Waals surface area contributed by atoms with Gasteiger partial charge in [-0.1, -0.05) is 6.92 Å². The molecule has 2 saturated heterocycles. The van der Waals surface area contributed by atoms with Crippen LogP contribution < -0.4 is 0 Å². The maximum atomic E-state index is 13.3. The number of esters is 2. The van der Waals surface area contributed by atoms with E-state index in [9.17, 15) is 14.7 Å². The van der Waals surface area contributed by atoms with Gasteiger partial charge in [0, 0.05) is 12.0 Å². The number of carbonyl (C=O) groups excluding carboxylic acids is 2. The molecular weight excluding hydrogens is 364 g/mol. The molecule has 1 aromatic rings. The number of methoxy groups -OCH3 is 1. The number of aliphatic hydroxyl groups excluding tert-OH is 1. The van der Waals surface area contributed by atoms with E-state index in [1.807, 2.05) is 13.0 Å². The summed E-state index contributed by atoms with van der Waals surface area (Å²) in [5.74, 6) is -0.772. The van der Waals surface area contributed by atoms with Crippen LogP contribution in [0.2, 0.25) is 0 Å². The normalized spacial score (nSPS) is 41.9. The van der Waals surface area contributed by atoms with Gasteiger partial charge in [0.1, 0.15) is 11.5 Å². The van der Waals surface area contributed by atoms with Gasteiger partial charge in [-0.2, -0.15) is 0 Å². The van der Waals surface area contributed by atoms with Crippen molar-refractivity contribution < 1.29 is 33.3 Å². The van der Waals surface area contributed by atoms with E-state index in [0.717, 1.165) is 16.7 Å². The third-order valence-corrected chi connectivity index (χ3v) is 7.37. The van der Waals surface area contributed by atoms with Crippen LogP contribution in [0.4, 0.5) is 0 Å². The lowest BCUT2D eigenvalue weighted by Crippen LogP contribution is -2.49. The molecule has 0 radical (unpaired) electrons. The van der Waals surface area contributed by atoms with E-state index >= 15 is 0 Å². The van der Waals surface area contributed by atoms with Crippen LogP contribution in [0.25, 0.3) is 0 Å². The summed E-state index contributed by atoms with van der Waals surface area (Å²) in [7, 11) is 1.33. The number of furan rings is 1. The summed E-state index contributed by atoms with van der Waals surface area (Å²) in [6.07, 6.45) is 4.07. The molecule has 0 aromatic carbocycles. The largest absolute Gasteiger partial charge is 0.472 e. The first-order chi connectivity index (χ1) is 13.4. The standard InChI is InChI=1S/C21H24O7/c1-11-8-14-16-13(4-3-6-20(16,17(22)25-2)18(23)27-14)21(11)9-15(28-19(21)24)12-5-7-26-10-12/h5,7,10-11,14-15,18,23H,3-4,6,8-9H2,1-2H3. The van der Waals surface area contributed by atoms with Gasteiger partial charge in [0.05, 0.1) is 31.2 Å². The topological polar surface area (TPSA) is 95.2 Å². The maximum absolute atomic E-state index is 13.3. The summed E-state index contributed by atoms with van der Waals surface area (Å²) < 4.78 is 21.9. The fraction of sp³-hybridized carbons (Fsp3) is 0.619. The van der Waals surface area contributed by atoms with Gasteiger partial charge in [-0.25, -0.2) is 0 Å². The van der Waals surface area contributed by atoms with Crippen LogP contribution >= 0.6 is 0 Å². The highest BCUT2D eigenvalue weighted by Gasteiger charge is 2.68. The Hall–Kier alpha value is -2.12. The minimum atomic E-state index is -1.25. The molecule has 2 fully saturated rings. The average Bonchev–Trinajstić information content (AvgIpc) is 3.39. The number of rotatable bonds is 2. The van der Waals surface area contributed by atoms with Crippen LogP contribution in [-0.4, -0.2) is 36.5 Å². The molecule has 28 heavy (non-hydrogen) atoms. The summed E-state index contributed by atoms with van der Waals surface area (Å²) in [5, 5.41) is 10.7. The molecule has 1 spiro atoms. The molecule has 0 bridgehead atoms. The van der Waals surface area contributed by atoms with Crippen molar-refractivity contribution in [3.8, 4) is 0 Å². The molecule has 4 aliphatic rings. The van der Waals surface area contributed by atoms with Crippen LogP contribution in [0.15, 0.2) is 34.2 Å². The number of cyclic esters (lactones) is 1. The Balaban J connectivity index is 1.67. The van der Waals surface area contributed by atoms with Crippen molar-refractivity contribution in [3.63, 3.8) is 0 Å². The molecule has 3 heterocycles. The second-order valence-corrected chi connectivity index (χ2v) is 8.45. The van der Waals surface area contributed by atoms with E-state index in [-0.39, 0.29) is 24.1 Å². The minimum Gasteiger partial charge on any atom is -0.472 e. The number of carbonyl (C=O) groups is 2. The Labute approximate surface area is 162 Å². The minimum absolute atomic E-state index is 0.0283. The van der Waals surface area contributed by atoms with E-state index in [1.54, 1.807) is 12.5 Å². The predicted molar refractivity (Wildman–Crippen MR) is 94.6 cm³/mol. The van der Waals surface area contributed by atoms with Gasteiger partial charge in [0.15, 0.2) is 6.29 Å². The summed E-state index contributed by atoms with van der Waals surface area (Å²) >= 11 is 0. The second-order valence-electron chi connectivity index (χ2n) is 8.45. The predicted octanol–water partition coefficient (Wildman–Crippen LogP) is 2.65. The molecule has 6 atom stereocenters. The zero-order valence-corrected chi connectivity index (χ0v) is 16.0. The fourth-order valence-electron chi connectivity index (χ4n) is 6.06. The van der Waals surface area contributed by atoms with Crippen molar-refractivity contribution >= 4 is 11.9 Å². The monoisotopic (exact) mass is 388 g/mol. The number of ether oxygens (including phenoxy) is 3. The highest BCUT2D eigenvalue weighted by molar-refractivity contribution is 5.88. The molecule has 2 aliphatic heterocycles. The zero-order chi connectivity index (χ0) is 19.7. The smallest absolute Gasteiger partial charge is 0.321 e. The number of fused-ring (bicyclic) bond motifs is 1. The van der Waals surface area contributed by atoms with Gasteiger partial charge in [0.2, 0.25) is 0 Å². The summed E-state index contributed by atoms with van der Waals surface area (Å²) in [6, 6.07) is 1.81. The van der Waals surface area contributed by atoms with Gasteiger partial charge in [0.25, 0.3) is 0 Å². The lowest BCUT2D eigenvalue weighted by Gasteiger charge is -2.46. The van der Waals surface area contributed by atoms with Crippen molar-refractivity contribution in [1.29, 1.82) is 0 Å². The first kappa shape index (κ1) is 17.9. The Morgan fingerprint density at radius 3 is 2.89 bits per heavy atom. The van der Waals surface area contributed by atoms with Crippen LogP contribution in [-0.2, 0) is 23.8 Å². The maximum Gasteiger partial charge on any atom is 0.321 e. The van der Waals surface area contributed by atoms with Crippen molar-refractivity contribution in [2.45, 2.75) is 57.5 Å². The summed E-state index contributed by atoms with van der Waals surface area (Å²) in [5.41, 5.74) is 0.499. The molecule has 2 aliphatic carbocycles. The van der Waals surface area contributed by atoms with Gasteiger partial charge in [-0.15, -0.1) is 0 Å². The SMILES string of the molecule is COC(=O)C12CCCC3=C1C(CC(C)C31CC(c3ccoc3)OC1=O)OC2O. The van der Waals surface area contributed by atoms with Crippen molar-refractivity contribution in [1.82, 2.24) is 0 Å². The zero-order valence-electron chi connectivity index (χ0n) is 16.0. The molecule has 5 rings (SSSR count). The van der Waals surface area contributed by atoms with Gasteiger partial charge >= 0.3 is 11.9 Å². The lowest BCUT2D eigenvalue weighted by molar-refractivity contribution is -0.177. The van der Waals surface area contributed by atoms with Gasteiger partial charge < -0.3 is 23.7 Å². The molecule has 1 N–H and O–H groups in total. The second kappa shape index (κ2) is 5.94. The first-order valence-electron chi connectivity index (χ1n) is 9.84. The Morgan fingerprint density at radius 1 is 1.36 bits per heavy atom. The van der Waals surface area contributed by atoms with E-state index < -0.39 is 23.1 Å². The number of hydrogen-bond acceptors (Lipinski definition) is 7. The molecule has 7 nitrogen and oxygen atoms in total. The highest BCUT2D eigenvalue weighted by atomic mass is 16.6. The van der Waals surface area contributed by atoms with Crippen molar-refractivity contribution in [2.75, 3.05) is 7.11 Å². The molecule has 1 aromatic heterocycles. The first-order valence-corrected chi connectivity index (χ1v) is 9.84. The van der Waals surface area contributed by atoms with Crippen LogP contribution in [0.5, 0.6) is 0 Å². The average molecular weight is 388 g/mol. The van der Waals surface area contributed by atoms with Crippen molar-refractivity contribution in [3.05, 3.63) is 35.3 Å². The lowest BCUT2D eigenvalue weighted by atomic mass is 9.54. The van der Waals surface area contributed by atoms with Crippen LogP contribution in [0.1, 0.15) is 50.7 Å². The van der Waals surface area contributed by atoms with Crippen molar-refractivity contribution in [2.24, 2.45) is 16.7 Å². The Bertz CT molecular complexity index is 856. The summed E-state index contributed by atoms with van der Waals surface area (Å²) in [4.78, 5) is 26.1. The molecule has 6 unspecified atom stereocenters.